The molecule has 3 rings (SSSR count). The fourth-order valence-corrected chi connectivity index (χ4v) is 4.44. The topological polar surface area (TPSA) is 44.4 Å². The highest BCUT2D eigenvalue weighted by molar-refractivity contribution is 5.75. The first kappa shape index (κ1) is 14.3. The molecule has 0 saturated carbocycles. The Balaban J connectivity index is 1.49. The van der Waals surface area contributed by atoms with Gasteiger partial charge in [-0.25, -0.2) is 5.01 Å². The maximum atomic E-state index is 12.3. The Morgan fingerprint density at radius 1 is 1.10 bits per heavy atom. The molecular weight excluding hydrogens is 250 g/mol. The van der Waals surface area contributed by atoms with E-state index < -0.39 is 0 Å². The molecule has 20 heavy (non-hydrogen) atoms. The number of nitrogens with one attached hydrogen (secondary N) is 2. The van der Waals surface area contributed by atoms with Crippen molar-refractivity contribution in [1.82, 2.24) is 15.8 Å². The number of amides is 1. The molecule has 114 valence electrons. The fourth-order valence-electron chi connectivity index (χ4n) is 4.44. The van der Waals surface area contributed by atoms with Gasteiger partial charge in [0.25, 0.3) is 0 Å². The molecular formula is C16H29N3O. The van der Waals surface area contributed by atoms with Gasteiger partial charge in [0.2, 0.25) is 5.91 Å². The van der Waals surface area contributed by atoms with Crippen LogP contribution in [-0.2, 0) is 4.79 Å². The second-order valence-electron chi connectivity index (χ2n) is 7.25. The van der Waals surface area contributed by atoms with Crippen LogP contribution < -0.4 is 10.7 Å². The van der Waals surface area contributed by atoms with Gasteiger partial charge < -0.3 is 5.32 Å². The standard InChI is InChI=1S/C16H29N3O/c1-11-4-3-5-12(2)19(11)18-16(20)10-13-8-14-6-7-15(9-13)17-14/h11-15,17H,3-10H2,1-2H3,(H,18,20). The third kappa shape index (κ3) is 3.17. The number of carbonyl (C=O) groups is 1. The van der Waals surface area contributed by atoms with Gasteiger partial charge >= 0.3 is 0 Å². The minimum atomic E-state index is 0.233. The molecule has 2 bridgehead atoms. The van der Waals surface area contributed by atoms with Gasteiger partial charge in [-0.05, 0) is 58.3 Å². The SMILES string of the molecule is CC1CCCC(C)N1NC(=O)CC1CC2CCC(C1)N2. The second kappa shape index (κ2) is 6.02. The van der Waals surface area contributed by atoms with E-state index in [1.54, 1.807) is 0 Å². The molecule has 3 aliphatic heterocycles. The second-order valence-corrected chi connectivity index (χ2v) is 7.25. The van der Waals surface area contributed by atoms with Crippen LogP contribution in [0.15, 0.2) is 0 Å². The van der Waals surface area contributed by atoms with Crippen molar-refractivity contribution >= 4 is 5.91 Å². The molecule has 0 radical (unpaired) electrons. The molecule has 3 fully saturated rings. The monoisotopic (exact) mass is 279 g/mol. The van der Waals surface area contributed by atoms with Gasteiger partial charge in [0.05, 0.1) is 0 Å². The summed E-state index contributed by atoms with van der Waals surface area (Å²) in [5, 5.41) is 5.84. The molecule has 0 aromatic carbocycles. The summed E-state index contributed by atoms with van der Waals surface area (Å²) in [6, 6.07) is 2.32. The summed E-state index contributed by atoms with van der Waals surface area (Å²) in [7, 11) is 0. The number of hydrogen-bond acceptors (Lipinski definition) is 3. The lowest BCUT2D eigenvalue weighted by atomic mass is 9.89. The van der Waals surface area contributed by atoms with Crippen molar-refractivity contribution in [3.63, 3.8) is 0 Å². The minimum absolute atomic E-state index is 0.233. The number of nitrogens with zero attached hydrogens (tertiary/aromatic N) is 1. The van der Waals surface area contributed by atoms with Gasteiger partial charge in [0.15, 0.2) is 0 Å². The highest BCUT2D eigenvalue weighted by Gasteiger charge is 2.34. The van der Waals surface area contributed by atoms with Gasteiger partial charge in [-0.3, -0.25) is 10.2 Å². The quantitative estimate of drug-likeness (QED) is 0.832. The van der Waals surface area contributed by atoms with Crippen molar-refractivity contribution in [1.29, 1.82) is 0 Å². The Hall–Kier alpha value is -0.610. The number of piperidine rings is 2. The first-order valence-corrected chi connectivity index (χ1v) is 8.45. The zero-order valence-corrected chi connectivity index (χ0v) is 12.9. The molecule has 3 heterocycles. The smallest absolute Gasteiger partial charge is 0.234 e. The van der Waals surface area contributed by atoms with Gasteiger partial charge in [-0.2, -0.15) is 0 Å². The van der Waals surface area contributed by atoms with Crippen LogP contribution in [0.25, 0.3) is 0 Å². The normalized spacial score (nSPS) is 41.6. The van der Waals surface area contributed by atoms with Crippen LogP contribution in [0.4, 0.5) is 0 Å². The zero-order valence-electron chi connectivity index (χ0n) is 12.9. The van der Waals surface area contributed by atoms with Crippen LogP contribution in [0.5, 0.6) is 0 Å². The van der Waals surface area contributed by atoms with Crippen molar-refractivity contribution in [2.75, 3.05) is 0 Å². The highest BCUT2D eigenvalue weighted by atomic mass is 16.2. The van der Waals surface area contributed by atoms with Crippen LogP contribution in [0.3, 0.4) is 0 Å². The number of rotatable bonds is 3. The Morgan fingerprint density at radius 2 is 1.70 bits per heavy atom. The summed E-state index contributed by atoms with van der Waals surface area (Å²) in [6.45, 7) is 4.45. The Morgan fingerprint density at radius 3 is 2.30 bits per heavy atom. The number of hydrazine groups is 1. The Labute approximate surface area is 122 Å². The fraction of sp³-hybridized carbons (Fsp3) is 0.938. The first-order chi connectivity index (χ1) is 9.61. The molecule has 4 heteroatoms. The van der Waals surface area contributed by atoms with E-state index in [4.69, 9.17) is 0 Å². The van der Waals surface area contributed by atoms with E-state index in [0.29, 0.717) is 36.5 Å². The van der Waals surface area contributed by atoms with Crippen LogP contribution in [0.2, 0.25) is 0 Å². The van der Waals surface area contributed by atoms with Gasteiger partial charge in [0.1, 0.15) is 0 Å². The van der Waals surface area contributed by atoms with Crippen LogP contribution in [-0.4, -0.2) is 35.1 Å². The summed E-state index contributed by atoms with van der Waals surface area (Å²) < 4.78 is 0. The van der Waals surface area contributed by atoms with Gasteiger partial charge in [-0.1, -0.05) is 6.42 Å². The predicted molar refractivity (Wildman–Crippen MR) is 80.0 cm³/mol. The van der Waals surface area contributed by atoms with E-state index in [9.17, 15) is 4.79 Å². The van der Waals surface area contributed by atoms with E-state index >= 15 is 0 Å². The van der Waals surface area contributed by atoms with Crippen molar-refractivity contribution in [2.24, 2.45) is 5.92 Å². The molecule has 3 aliphatic rings. The van der Waals surface area contributed by atoms with E-state index in [-0.39, 0.29) is 5.91 Å². The maximum Gasteiger partial charge on any atom is 0.234 e. The summed E-state index contributed by atoms with van der Waals surface area (Å²) in [5.74, 6) is 0.820. The van der Waals surface area contributed by atoms with Crippen molar-refractivity contribution in [3.8, 4) is 0 Å². The molecule has 1 amide bonds. The largest absolute Gasteiger partial charge is 0.311 e. The van der Waals surface area contributed by atoms with Crippen LogP contribution in [0, 0.1) is 5.92 Å². The minimum Gasteiger partial charge on any atom is -0.311 e. The number of hydrogen-bond donors (Lipinski definition) is 2. The molecule has 0 spiro atoms. The van der Waals surface area contributed by atoms with Gasteiger partial charge in [-0.15, -0.1) is 0 Å². The third-order valence-electron chi connectivity index (χ3n) is 5.49. The van der Waals surface area contributed by atoms with E-state index in [0.717, 1.165) is 0 Å². The molecule has 3 saturated heterocycles. The van der Waals surface area contributed by atoms with Crippen LogP contribution in [0.1, 0.15) is 65.2 Å². The van der Waals surface area contributed by atoms with E-state index in [1.807, 2.05) is 0 Å². The van der Waals surface area contributed by atoms with E-state index in [2.05, 4.69) is 29.6 Å². The highest BCUT2D eigenvalue weighted by Crippen LogP contribution is 2.32. The molecule has 4 nitrogen and oxygen atoms in total. The summed E-state index contributed by atoms with van der Waals surface area (Å²) >= 11 is 0. The maximum absolute atomic E-state index is 12.3. The van der Waals surface area contributed by atoms with Gasteiger partial charge in [0, 0.05) is 30.6 Å². The molecule has 0 aliphatic carbocycles. The number of carbonyl (C=O) groups excluding carboxylic acids is 1. The molecule has 0 aromatic heterocycles. The van der Waals surface area contributed by atoms with Crippen molar-refractivity contribution < 1.29 is 4.79 Å². The third-order valence-corrected chi connectivity index (χ3v) is 5.49. The molecule has 2 N–H and O–H groups in total. The Kier molecular flexibility index (Phi) is 4.32. The van der Waals surface area contributed by atoms with E-state index in [1.165, 1.54) is 44.9 Å². The lowest BCUT2D eigenvalue weighted by molar-refractivity contribution is -0.130. The summed E-state index contributed by atoms with van der Waals surface area (Å²) in [4.78, 5) is 12.3. The molecule has 4 atom stereocenters. The average molecular weight is 279 g/mol. The predicted octanol–water partition coefficient (Wildman–Crippen LogP) is 2.20. The van der Waals surface area contributed by atoms with Crippen molar-refractivity contribution in [2.45, 2.75) is 89.4 Å². The average Bonchev–Trinajstić information content (AvgIpc) is 2.73. The Bertz CT molecular complexity index is 338. The lowest BCUT2D eigenvalue weighted by Gasteiger charge is -2.39. The van der Waals surface area contributed by atoms with Crippen LogP contribution >= 0.6 is 0 Å². The molecule has 0 aromatic rings. The first-order valence-electron chi connectivity index (χ1n) is 8.45. The summed E-state index contributed by atoms with van der Waals surface area (Å²) in [6.07, 6.45) is 9.39. The summed E-state index contributed by atoms with van der Waals surface area (Å²) in [5.41, 5.74) is 3.19. The lowest BCUT2D eigenvalue weighted by Crippen LogP contribution is -2.54. The zero-order chi connectivity index (χ0) is 14.1. The van der Waals surface area contributed by atoms with Crippen molar-refractivity contribution in [3.05, 3.63) is 0 Å². The molecule has 4 unspecified atom stereocenters. The number of fused-ring (bicyclic) bond motifs is 2.